The summed E-state index contributed by atoms with van der Waals surface area (Å²) in [6.07, 6.45) is 6.45. The quantitative estimate of drug-likeness (QED) is 0.383. The van der Waals surface area contributed by atoms with Crippen LogP contribution in [0.15, 0.2) is 89.6 Å². The molecule has 33 heavy (non-hydrogen) atoms. The number of hydrogen-bond donors (Lipinski definition) is 0. The highest BCUT2D eigenvalue weighted by Gasteiger charge is 2.24. The fraction of sp³-hybridized carbons (Fsp3) is 0.286. The monoisotopic (exact) mass is 444 g/mol. The topological polar surface area (TPSA) is 53.8 Å². The molecule has 0 saturated carbocycles. The molecule has 172 valence electrons. The second kappa shape index (κ2) is 12.4. The van der Waals surface area contributed by atoms with E-state index in [1.165, 1.54) is 0 Å². The first-order valence-electron chi connectivity index (χ1n) is 11.4. The van der Waals surface area contributed by atoms with Crippen molar-refractivity contribution in [2.45, 2.75) is 39.3 Å². The van der Waals surface area contributed by atoms with Crippen LogP contribution < -0.4 is 0 Å². The van der Waals surface area contributed by atoms with E-state index < -0.39 is 0 Å². The van der Waals surface area contributed by atoms with Gasteiger partial charge < -0.3 is 14.2 Å². The molecule has 5 heteroatoms. The van der Waals surface area contributed by atoms with E-state index in [9.17, 15) is 9.59 Å². The number of amides is 2. The first-order chi connectivity index (χ1) is 16.1. The number of carbonyl (C=O) groups excluding carboxylic acids is 2. The summed E-state index contributed by atoms with van der Waals surface area (Å²) in [6, 6.07) is 23.4. The number of nitrogens with zero attached hydrogens (tertiary/aromatic N) is 2. The van der Waals surface area contributed by atoms with Gasteiger partial charge in [0.2, 0.25) is 11.8 Å². The molecule has 3 aromatic rings. The third-order valence-electron chi connectivity index (χ3n) is 5.72. The van der Waals surface area contributed by atoms with E-state index in [4.69, 9.17) is 4.42 Å². The van der Waals surface area contributed by atoms with Crippen molar-refractivity contribution in [2.75, 3.05) is 13.1 Å². The molecule has 0 fully saturated rings. The third-order valence-corrected chi connectivity index (χ3v) is 5.72. The Morgan fingerprint density at radius 3 is 2.30 bits per heavy atom. The first-order valence-corrected chi connectivity index (χ1v) is 11.4. The molecule has 0 aliphatic carbocycles. The van der Waals surface area contributed by atoms with Crippen LogP contribution in [0.25, 0.3) is 6.08 Å². The molecular weight excluding hydrogens is 412 g/mol. The Bertz CT molecular complexity index is 1010. The van der Waals surface area contributed by atoms with E-state index >= 15 is 0 Å². The molecule has 1 unspecified atom stereocenters. The number of carbonyl (C=O) groups is 2. The highest BCUT2D eigenvalue weighted by molar-refractivity contribution is 5.94. The van der Waals surface area contributed by atoms with Gasteiger partial charge in [0.05, 0.1) is 12.8 Å². The van der Waals surface area contributed by atoms with Gasteiger partial charge in [-0.15, -0.1) is 0 Å². The van der Waals surface area contributed by atoms with Crippen LogP contribution in [-0.4, -0.2) is 40.7 Å². The molecule has 3 rings (SSSR count). The fourth-order valence-electron chi connectivity index (χ4n) is 3.54. The van der Waals surface area contributed by atoms with Crippen LogP contribution in [0.2, 0.25) is 0 Å². The fourth-order valence-corrected chi connectivity index (χ4v) is 3.54. The maximum Gasteiger partial charge on any atom is 0.247 e. The number of furan rings is 1. The molecule has 0 bridgehead atoms. The van der Waals surface area contributed by atoms with Crippen LogP contribution in [0, 0.1) is 0 Å². The van der Waals surface area contributed by atoms with Gasteiger partial charge in [-0.25, -0.2) is 0 Å². The van der Waals surface area contributed by atoms with Crippen LogP contribution in [-0.2, 0) is 22.6 Å². The molecule has 2 aromatic carbocycles. The lowest BCUT2D eigenvalue weighted by Gasteiger charge is -2.30. The third kappa shape index (κ3) is 7.49. The Hall–Kier alpha value is -3.60. The summed E-state index contributed by atoms with van der Waals surface area (Å²) >= 11 is 0. The van der Waals surface area contributed by atoms with Gasteiger partial charge in [0.25, 0.3) is 0 Å². The zero-order valence-corrected chi connectivity index (χ0v) is 19.4. The van der Waals surface area contributed by atoms with Crippen LogP contribution in [0.4, 0.5) is 0 Å². The lowest BCUT2D eigenvalue weighted by Crippen LogP contribution is -2.46. The number of hydrogen-bond acceptors (Lipinski definition) is 3. The molecular formula is C28H32N2O3. The number of rotatable bonds is 11. The van der Waals surface area contributed by atoms with E-state index in [1.807, 2.05) is 74.5 Å². The van der Waals surface area contributed by atoms with Gasteiger partial charge in [0, 0.05) is 18.7 Å². The molecule has 0 aliphatic rings. The molecule has 1 atom stereocenters. The second-order valence-corrected chi connectivity index (χ2v) is 8.10. The van der Waals surface area contributed by atoms with Crippen LogP contribution in [0.3, 0.4) is 0 Å². The van der Waals surface area contributed by atoms with E-state index in [0.717, 1.165) is 29.7 Å². The average molecular weight is 445 g/mol. The van der Waals surface area contributed by atoms with Crippen molar-refractivity contribution in [1.82, 2.24) is 9.80 Å². The minimum atomic E-state index is -0.164. The molecule has 0 N–H and O–H groups in total. The lowest BCUT2D eigenvalue weighted by atomic mass is 10.1. The zero-order chi connectivity index (χ0) is 23.5. The normalized spacial score (nSPS) is 11.9. The molecule has 5 nitrogen and oxygen atoms in total. The smallest absolute Gasteiger partial charge is 0.247 e. The largest absolute Gasteiger partial charge is 0.467 e. The zero-order valence-electron chi connectivity index (χ0n) is 19.4. The molecule has 1 aromatic heterocycles. The standard InChI is InChI=1S/C28H32N2O3/c1-3-23(2)30(27(31)17-16-24-11-6-4-7-12-24)22-28(32)29(21-26-15-10-20-33-26)19-18-25-13-8-5-9-14-25/h4-17,20,23H,3,18-19,21-22H2,1-2H3. The van der Waals surface area contributed by atoms with Gasteiger partial charge in [-0.1, -0.05) is 67.6 Å². The van der Waals surface area contributed by atoms with E-state index in [-0.39, 0.29) is 24.4 Å². The maximum absolute atomic E-state index is 13.4. The summed E-state index contributed by atoms with van der Waals surface area (Å²) in [5.41, 5.74) is 2.11. The van der Waals surface area contributed by atoms with Crippen molar-refractivity contribution in [3.63, 3.8) is 0 Å². The first kappa shape index (κ1) is 24.1. The Morgan fingerprint density at radius 2 is 1.67 bits per heavy atom. The van der Waals surface area contributed by atoms with E-state index in [1.54, 1.807) is 28.2 Å². The highest BCUT2D eigenvalue weighted by Crippen LogP contribution is 2.12. The Balaban J connectivity index is 1.72. The molecule has 0 aliphatic heterocycles. The Kier molecular flexibility index (Phi) is 9.07. The van der Waals surface area contributed by atoms with Crippen molar-refractivity contribution in [3.05, 3.63) is 102 Å². The van der Waals surface area contributed by atoms with Gasteiger partial charge in [-0.3, -0.25) is 9.59 Å². The van der Waals surface area contributed by atoms with Crippen LogP contribution >= 0.6 is 0 Å². The van der Waals surface area contributed by atoms with E-state index in [2.05, 4.69) is 12.1 Å². The highest BCUT2D eigenvalue weighted by atomic mass is 16.3. The molecule has 2 amide bonds. The van der Waals surface area contributed by atoms with Gasteiger partial charge in [-0.05, 0) is 49.1 Å². The maximum atomic E-state index is 13.4. The van der Waals surface area contributed by atoms with Crippen molar-refractivity contribution >= 4 is 17.9 Å². The van der Waals surface area contributed by atoms with E-state index in [0.29, 0.717) is 13.1 Å². The van der Waals surface area contributed by atoms with Gasteiger partial charge in [-0.2, -0.15) is 0 Å². The summed E-state index contributed by atoms with van der Waals surface area (Å²) in [5, 5.41) is 0. The Labute approximate surface area is 196 Å². The predicted molar refractivity (Wildman–Crippen MR) is 131 cm³/mol. The minimum Gasteiger partial charge on any atom is -0.467 e. The van der Waals surface area contributed by atoms with Gasteiger partial charge >= 0.3 is 0 Å². The van der Waals surface area contributed by atoms with Gasteiger partial charge in [0.15, 0.2) is 0 Å². The second-order valence-electron chi connectivity index (χ2n) is 8.10. The molecule has 0 saturated heterocycles. The predicted octanol–water partition coefficient (Wildman–Crippen LogP) is 5.19. The summed E-state index contributed by atoms with van der Waals surface area (Å²) in [6.45, 7) is 4.95. The molecule has 0 radical (unpaired) electrons. The van der Waals surface area contributed by atoms with Crippen molar-refractivity contribution in [2.24, 2.45) is 0 Å². The van der Waals surface area contributed by atoms with Crippen molar-refractivity contribution < 1.29 is 14.0 Å². The SMILES string of the molecule is CCC(C)N(CC(=O)N(CCc1ccccc1)Cc1ccco1)C(=O)C=Cc1ccccc1. The summed E-state index contributed by atoms with van der Waals surface area (Å²) < 4.78 is 5.49. The summed E-state index contributed by atoms with van der Waals surface area (Å²) in [4.78, 5) is 29.8. The van der Waals surface area contributed by atoms with Crippen molar-refractivity contribution in [1.29, 1.82) is 0 Å². The molecule has 0 spiro atoms. The van der Waals surface area contributed by atoms with Crippen molar-refractivity contribution in [3.8, 4) is 0 Å². The minimum absolute atomic E-state index is 0.0302. The van der Waals surface area contributed by atoms with Crippen LogP contribution in [0.1, 0.15) is 37.2 Å². The average Bonchev–Trinajstić information content (AvgIpc) is 3.37. The van der Waals surface area contributed by atoms with Crippen LogP contribution in [0.5, 0.6) is 0 Å². The number of benzene rings is 2. The molecule has 1 heterocycles. The summed E-state index contributed by atoms with van der Waals surface area (Å²) in [7, 11) is 0. The van der Waals surface area contributed by atoms with Gasteiger partial charge in [0.1, 0.15) is 12.3 Å². The lowest BCUT2D eigenvalue weighted by molar-refractivity contribution is -0.140. The Morgan fingerprint density at radius 1 is 0.970 bits per heavy atom. The summed E-state index contributed by atoms with van der Waals surface area (Å²) in [5.74, 6) is 0.466.